The summed E-state index contributed by atoms with van der Waals surface area (Å²) in [5.41, 5.74) is 2.50. The molecular formula is C16H20N2O. The minimum Gasteiger partial charge on any atom is -0.465 e. The first-order chi connectivity index (χ1) is 9.33. The molecule has 0 spiro atoms. The highest BCUT2D eigenvalue weighted by Crippen LogP contribution is 2.29. The summed E-state index contributed by atoms with van der Waals surface area (Å²) in [5.74, 6) is 1.94. The van der Waals surface area contributed by atoms with Crippen molar-refractivity contribution in [2.75, 3.05) is 23.3 Å². The molecule has 1 aliphatic rings. The predicted molar refractivity (Wildman–Crippen MR) is 78.7 cm³/mol. The third-order valence-corrected chi connectivity index (χ3v) is 3.60. The van der Waals surface area contributed by atoms with E-state index in [9.17, 15) is 0 Å². The summed E-state index contributed by atoms with van der Waals surface area (Å²) < 4.78 is 5.59. The van der Waals surface area contributed by atoms with Gasteiger partial charge in [-0.2, -0.15) is 0 Å². The molecule has 0 bridgehead atoms. The van der Waals surface area contributed by atoms with Crippen molar-refractivity contribution in [3.63, 3.8) is 0 Å². The molecule has 1 aromatic carbocycles. The summed E-state index contributed by atoms with van der Waals surface area (Å²) >= 11 is 0. The van der Waals surface area contributed by atoms with Gasteiger partial charge in [-0.15, -0.1) is 0 Å². The molecule has 0 radical (unpaired) electrons. The Morgan fingerprint density at radius 1 is 1.11 bits per heavy atom. The van der Waals surface area contributed by atoms with Crippen LogP contribution < -0.4 is 10.2 Å². The van der Waals surface area contributed by atoms with Crippen LogP contribution >= 0.6 is 0 Å². The van der Waals surface area contributed by atoms with Gasteiger partial charge in [0.1, 0.15) is 11.5 Å². The Kier molecular flexibility index (Phi) is 3.45. The first-order valence-corrected chi connectivity index (χ1v) is 6.96. The zero-order chi connectivity index (χ0) is 13.1. The van der Waals surface area contributed by atoms with E-state index in [4.69, 9.17) is 4.42 Å². The number of furan rings is 1. The van der Waals surface area contributed by atoms with E-state index in [1.807, 2.05) is 19.1 Å². The second-order valence-corrected chi connectivity index (χ2v) is 5.08. The van der Waals surface area contributed by atoms with Gasteiger partial charge in [-0.05, 0) is 44.0 Å². The average molecular weight is 256 g/mol. The number of nitrogens with zero attached hydrogens (tertiary/aromatic N) is 1. The van der Waals surface area contributed by atoms with E-state index in [-0.39, 0.29) is 0 Å². The predicted octanol–water partition coefficient (Wildman–Crippen LogP) is 3.80. The number of benzene rings is 1. The molecule has 1 fully saturated rings. The van der Waals surface area contributed by atoms with Gasteiger partial charge in [0.05, 0.1) is 17.9 Å². The molecule has 3 nitrogen and oxygen atoms in total. The number of aryl methyl sites for hydroxylation is 1. The number of hydrogen-bond acceptors (Lipinski definition) is 3. The lowest BCUT2D eigenvalue weighted by Crippen LogP contribution is -2.19. The maximum absolute atomic E-state index is 5.59. The SMILES string of the molecule is Cc1ccc(CNc2ccccc2N2CCCC2)o1. The Morgan fingerprint density at radius 2 is 1.89 bits per heavy atom. The molecule has 3 rings (SSSR count). The van der Waals surface area contributed by atoms with Crippen LogP contribution in [0.15, 0.2) is 40.8 Å². The third kappa shape index (κ3) is 2.75. The van der Waals surface area contributed by atoms with Crippen molar-refractivity contribution in [2.45, 2.75) is 26.3 Å². The highest BCUT2D eigenvalue weighted by Gasteiger charge is 2.15. The summed E-state index contributed by atoms with van der Waals surface area (Å²) in [6.07, 6.45) is 2.59. The molecule has 0 aliphatic carbocycles. The Balaban J connectivity index is 1.73. The molecule has 1 aliphatic heterocycles. The van der Waals surface area contributed by atoms with Crippen LogP contribution in [0.25, 0.3) is 0 Å². The van der Waals surface area contributed by atoms with Gasteiger partial charge in [0.25, 0.3) is 0 Å². The summed E-state index contributed by atoms with van der Waals surface area (Å²) in [6, 6.07) is 12.6. The van der Waals surface area contributed by atoms with Crippen LogP contribution in [0, 0.1) is 6.92 Å². The fourth-order valence-corrected chi connectivity index (χ4v) is 2.62. The quantitative estimate of drug-likeness (QED) is 0.902. The van der Waals surface area contributed by atoms with E-state index >= 15 is 0 Å². The average Bonchev–Trinajstić information content (AvgIpc) is 3.08. The third-order valence-electron chi connectivity index (χ3n) is 3.60. The molecule has 0 saturated carbocycles. The Hall–Kier alpha value is -1.90. The lowest BCUT2D eigenvalue weighted by Gasteiger charge is -2.21. The van der Waals surface area contributed by atoms with Crippen LogP contribution in [0.1, 0.15) is 24.4 Å². The topological polar surface area (TPSA) is 28.4 Å². The van der Waals surface area contributed by atoms with Crippen LogP contribution in [0.4, 0.5) is 11.4 Å². The molecule has 1 N–H and O–H groups in total. The van der Waals surface area contributed by atoms with Crippen molar-refractivity contribution in [1.29, 1.82) is 0 Å². The van der Waals surface area contributed by atoms with Gasteiger partial charge in [0.15, 0.2) is 0 Å². The Labute approximate surface area is 114 Å². The van der Waals surface area contributed by atoms with Gasteiger partial charge in [-0.1, -0.05) is 12.1 Å². The summed E-state index contributed by atoms with van der Waals surface area (Å²) in [4.78, 5) is 2.45. The van der Waals surface area contributed by atoms with Crippen LogP contribution in [0.2, 0.25) is 0 Å². The normalized spacial score (nSPS) is 14.9. The van der Waals surface area contributed by atoms with Crippen molar-refractivity contribution < 1.29 is 4.42 Å². The number of anilines is 2. The lowest BCUT2D eigenvalue weighted by molar-refractivity contribution is 0.490. The number of nitrogens with one attached hydrogen (secondary N) is 1. The number of rotatable bonds is 4. The fraction of sp³-hybridized carbons (Fsp3) is 0.375. The highest BCUT2D eigenvalue weighted by atomic mass is 16.3. The van der Waals surface area contributed by atoms with Crippen molar-refractivity contribution >= 4 is 11.4 Å². The lowest BCUT2D eigenvalue weighted by atomic mass is 10.2. The van der Waals surface area contributed by atoms with Crippen LogP contribution in [0.5, 0.6) is 0 Å². The summed E-state index contributed by atoms with van der Waals surface area (Å²) in [7, 11) is 0. The Morgan fingerprint density at radius 3 is 2.63 bits per heavy atom. The standard InChI is InChI=1S/C16H20N2O/c1-13-8-9-14(19-13)12-17-15-6-2-3-7-16(15)18-10-4-5-11-18/h2-3,6-9,17H,4-5,10-12H2,1H3. The van der Waals surface area contributed by atoms with E-state index in [1.165, 1.54) is 37.3 Å². The monoisotopic (exact) mass is 256 g/mol. The highest BCUT2D eigenvalue weighted by molar-refractivity contribution is 5.70. The van der Waals surface area contributed by atoms with Gasteiger partial charge in [-0.3, -0.25) is 0 Å². The van der Waals surface area contributed by atoms with Crippen molar-refractivity contribution in [3.05, 3.63) is 47.9 Å². The molecule has 19 heavy (non-hydrogen) atoms. The van der Waals surface area contributed by atoms with Crippen LogP contribution in [-0.4, -0.2) is 13.1 Å². The molecule has 2 aromatic rings. The van der Waals surface area contributed by atoms with Crippen LogP contribution in [0.3, 0.4) is 0 Å². The Bertz CT molecular complexity index is 541. The molecule has 0 amide bonds. The zero-order valence-electron chi connectivity index (χ0n) is 11.4. The number of para-hydroxylation sites is 2. The molecule has 2 heterocycles. The molecule has 100 valence electrons. The number of hydrogen-bond donors (Lipinski definition) is 1. The van der Waals surface area contributed by atoms with Crippen molar-refractivity contribution in [3.8, 4) is 0 Å². The maximum atomic E-state index is 5.59. The van der Waals surface area contributed by atoms with Gasteiger partial charge in [-0.25, -0.2) is 0 Å². The maximum Gasteiger partial charge on any atom is 0.123 e. The second kappa shape index (κ2) is 5.39. The van der Waals surface area contributed by atoms with Crippen molar-refractivity contribution in [2.24, 2.45) is 0 Å². The first-order valence-electron chi connectivity index (χ1n) is 6.96. The van der Waals surface area contributed by atoms with E-state index in [0.717, 1.165) is 18.1 Å². The smallest absolute Gasteiger partial charge is 0.123 e. The summed E-state index contributed by atoms with van der Waals surface area (Å²) in [6.45, 7) is 5.04. The van der Waals surface area contributed by atoms with Gasteiger partial charge in [0, 0.05) is 13.1 Å². The summed E-state index contributed by atoms with van der Waals surface area (Å²) in [5, 5.41) is 3.48. The molecule has 3 heteroatoms. The molecule has 0 unspecified atom stereocenters. The van der Waals surface area contributed by atoms with E-state index < -0.39 is 0 Å². The molecular weight excluding hydrogens is 236 g/mol. The minimum atomic E-state index is 0.735. The minimum absolute atomic E-state index is 0.735. The second-order valence-electron chi connectivity index (χ2n) is 5.08. The van der Waals surface area contributed by atoms with Crippen molar-refractivity contribution in [1.82, 2.24) is 0 Å². The zero-order valence-corrected chi connectivity index (χ0v) is 11.4. The fourth-order valence-electron chi connectivity index (χ4n) is 2.62. The largest absolute Gasteiger partial charge is 0.465 e. The van der Waals surface area contributed by atoms with E-state index in [2.05, 4.69) is 34.5 Å². The molecule has 1 aromatic heterocycles. The molecule has 0 atom stereocenters. The van der Waals surface area contributed by atoms with Gasteiger partial charge in [0.2, 0.25) is 0 Å². The van der Waals surface area contributed by atoms with E-state index in [0.29, 0.717) is 0 Å². The van der Waals surface area contributed by atoms with Gasteiger partial charge < -0.3 is 14.6 Å². The van der Waals surface area contributed by atoms with E-state index in [1.54, 1.807) is 0 Å². The van der Waals surface area contributed by atoms with Gasteiger partial charge >= 0.3 is 0 Å². The molecule has 1 saturated heterocycles. The van der Waals surface area contributed by atoms with Crippen LogP contribution in [-0.2, 0) is 6.54 Å². The first kappa shape index (κ1) is 12.2.